The number of hydrogen-bond donors (Lipinski definition) is 2. The van der Waals surface area contributed by atoms with Gasteiger partial charge in [-0.05, 0) is 81.4 Å². The van der Waals surface area contributed by atoms with E-state index in [1.807, 2.05) is 99.6 Å². The molecule has 12 heteroatoms. The third kappa shape index (κ3) is 9.81. The molecule has 296 valence electrons. The highest BCUT2D eigenvalue weighted by Gasteiger charge is 2.33. The van der Waals surface area contributed by atoms with Crippen LogP contribution >= 0.6 is 0 Å². The fraction of sp³-hybridized carbons (Fsp3) is 0.261. The van der Waals surface area contributed by atoms with E-state index in [1.165, 1.54) is 6.33 Å². The number of rotatable bonds is 14. The van der Waals surface area contributed by atoms with E-state index in [4.69, 9.17) is 28.1 Å². The summed E-state index contributed by atoms with van der Waals surface area (Å²) >= 11 is 0. The first kappa shape index (κ1) is 39.6. The normalized spacial score (nSPS) is 14.3. The highest BCUT2D eigenvalue weighted by atomic mass is 16.5. The van der Waals surface area contributed by atoms with Gasteiger partial charge < -0.3 is 38.7 Å². The first-order valence-corrected chi connectivity index (χ1v) is 18.9. The molecule has 58 heavy (non-hydrogen) atoms. The maximum atomic E-state index is 13.5. The van der Waals surface area contributed by atoms with Gasteiger partial charge in [0.2, 0.25) is 5.89 Å². The fourth-order valence-electron chi connectivity index (χ4n) is 6.11. The lowest BCUT2D eigenvalue weighted by atomic mass is 9.93. The number of carbonyl (C=O) groups is 1. The van der Waals surface area contributed by atoms with E-state index >= 15 is 0 Å². The predicted molar refractivity (Wildman–Crippen MR) is 222 cm³/mol. The SMILES string of the molecule is COCCOc1cc2ncnc(Nc3cccc(C#Cc4ccc(-c5ncc(CC6Oc7ccccc7C(=O)/C6=C\NC(C)(C)C)o5)cc4)c3)c2cc1OCCOC. The van der Waals surface area contributed by atoms with Crippen molar-refractivity contribution in [3.63, 3.8) is 0 Å². The minimum absolute atomic E-state index is 0.0692. The molecular weight excluding hydrogens is 735 g/mol. The molecule has 2 N–H and O–H groups in total. The number of Topliss-reactive ketones (excluding diaryl/α,β-unsaturated/α-hetero) is 1. The van der Waals surface area contributed by atoms with Gasteiger partial charge in [-0.25, -0.2) is 15.0 Å². The van der Waals surface area contributed by atoms with Crippen LogP contribution in [0.5, 0.6) is 17.2 Å². The van der Waals surface area contributed by atoms with Gasteiger partial charge in [0.25, 0.3) is 0 Å². The van der Waals surface area contributed by atoms with Crippen molar-refractivity contribution in [1.29, 1.82) is 0 Å². The van der Waals surface area contributed by atoms with Crippen LogP contribution in [0.15, 0.2) is 114 Å². The molecular formula is C46H45N5O7. The van der Waals surface area contributed by atoms with Gasteiger partial charge in [0, 0.05) is 66.2 Å². The van der Waals surface area contributed by atoms with Gasteiger partial charge in [-0.2, -0.15) is 0 Å². The number of aromatic nitrogens is 3. The van der Waals surface area contributed by atoms with Crippen molar-refractivity contribution in [2.45, 2.75) is 38.8 Å². The van der Waals surface area contributed by atoms with Gasteiger partial charge in [0.05, 0.1) is 36.1 Å². The van der Waals surface area contributed by atoms with Crippen LogP contribution < -0.4 is 24.8 Å². The second-order valence-corrected chi connectivity index (χ2v) is 14.5. The summed E-state index contributed by atoms with van der Waals surface area (Å²) in [4.78, 5) is 27.0. The van der Waals surface area contributed by atoms with Crippen LogP contribution in [0.2, 0.25) is 0 Å². The molecule has 4 aromatic carbocycles. The summed E-state index contributed by atoms with van der Waals surface area (Å²) in [5.74, 6) is 9.81. The Morgan fingerprint density at radius 1 is 0.810 bits per heavy atom. The number of benzene rings is 4. The number of fused-ring (bicyclic) bond motifs is 2. The van der Waals surface area contributed by atoms with E-state index in [1.54, 1.807) is 32.7 Å². The number of nitrogens with one attached hydrogen (secondary N) is 2. The average Bonchev–Trinajstić information content (AvgIpc) is 3.69. The summed E-state index contributed by atoms with van der Waals surface area (Å²) in [6.45, 7) is 7.70. The third-order valence-electron chi connectivity index (χ3n) is 9.01. The molecule has 12 nitrogen and oxygen atoms in total. The molecule has 0 radical (unpaired) electrons. The summed E-state index contributed by atoms with van der Waals surface area (Å²) in [7, 11) is 3.25. The number of anilines is 2. The zero-order valence-electron chi connectivity index (χ0n) is 33.1. The highest BCUT2D eigenvalue weighted by molar-refractivity contribution is 6.12. The zero-order valence-corrected chi connectivity index (χ0v) is 33.1. The number of ether oxygens (including phenoxy) is 5. The van der Waals surface area contributed by atoms with E-state index < -0.39 is 6.10 Å². The largest absolute Gasteiger partial charge is 0.487 e. The quantitative estimate of drug-likeness (QED) is 0.0631. The smallest absolute Gasteiger partial charge is 0.226 e. The minimum Gasteiger partial charge on any atom is -0.487 e. The van der Waals surface area contributed by atoms with E-state index in [0.717, 1.165) is 27.8 Å². The molecule has 7 rings (SSSR count). The maximum absolute atomic E-state index is 13.5. The summed E-state index contributed by atoms with van der Waals surface area (Å²) in [5, 5.41) is 7.50. The van der Waals surface area contributed by atoms with Crippen molar-refractivity contribution in [2.75, 3.05) is 46.0 Å². The summed E-state index contributed by atoms with van der Waals surface area (Å²) < 4.78 is 34.7. The molecule has 0 amide bonds. The molecule has 1 atom stereocenters. The van der Waals surface area contributed by atoms with Crippen LogP contribution in [-0.2, 0) is 15.9 Å². The molecule has 6 aromatic rings. The Balaban J connectivity index is 1.03. The first-order chi connectivity index (χ1) is 28.2. The Bertz CT molecular complexity index is 2480. The Morgan fingerprint density at radius 3 is 2.31 bits per heavy atom. The molecule has 0 aliphatic carbocycles. The Labute approximate surface area is 337 Å². The molecule has 1 aliphatic rings. The molecule has 0 spiro atoms. The lowest BCUT2D eigenvalue weighted by molar-refractivity contribution is 0.0956. The zero-order chi connectivity index (χ0) is 40.5. The minimum atomic E-state index is -0.539. The van der Waals surface area contributed by atoms with Gasteiger partial charge in [0.15, 0.2) is 17.3 Å². The lowest BCUT2D eigenvalue weighted by Crippen LogP contribution is -2.37. The van der Waals surface area contributed by atoms with Gasteiger partial charge in [0.1, 0.15) is 43.0 Å². The Morgan fingerprint density at radius 2 is 1.55 bits per heavy atom. The molecule has 0 saturated heterocycles. The van der Waals surface area contributed by atoms with Crippen molar-refractivity contribution in [1.82, 2.24) is 20.3 Å². The molecule has 0 saturated carbocycles. The van der Waals surface area contributed by atoms with Crippen molar-refractivity contribution in [3.8, 4) is 40.5 Å². The van der Waals surface area contributed by atoms with Crippen molar-refractivity contribution < 1.29 is 32.9 Å². The van der Waals surface area contributed by atoms with Crippen LogP contribution in [0.4, 0.5) is 11.5 Å². The van der Waals surface area contributed by atoms with Crippen LogP contribution in [0.3, 0.4) is 0 Å². The number of nitrogens with zero attached hydrogens (tertiary/aromatic N) is 3. The topological polar surface area (TPSA) is 139 Å². The van der Waals surface area contributed by atoms with Gasteiger partial charge in [-0.1, -0.05) is 30.0 Å². The summed E-state index contributed by atoms with van der Waals surface area (Å²) in [5.41, 5.74) is 4.81. The van der Waals surface area contributed by atoms with Crippen molar-refractivity contribution in [3.05, 3.63) is 132 Å². The summed E-state index contributed by atoms with van der Waals surface area (Å²) in [6, 6.07) is 26.5. The van der Waals surface area contributed by atoms with E-state index in [9.17, 15) is 4.79 Å². The monoisotopic (exact) mass is 779 g/mol. The third-order valence-corrected chi connectivity index (χ3v) is 9.01. The number of para-hydroxylation sites is 1. The number of methoxy groups -OCH3 is 2. The second-order valence-electron chi connectivity index (χ2n) is 14.5. The average molecular weight is 780 g/mol. The van der Waals surface area contributed by atoms with Gasteiger partial charge in [-0.3, -0.25) is 4.79 Å². The number of oxazole rings is 1. The first-order valence-electron chi connectivity index (χ1n) is 18.9. The number of ketones is 1. The van der Waals surface area contributed by atoms with E-state index in [2.05, 4.69) is 37.4 Å². The number of carbonyl (C=O) groups excluding carboxylic acids is 1. The molecule has 0 fully saturated rings. The van der Waals surface area contributed by atoms with Gasteiger partial charge in [-0.15, -0.1) is 0 Å². The van der Waals surface area contributed by atoms with Crippen LogP contribution in [0, 0.1) is 11.8 Å². The van der Waals surface area contributed by atoms with E-state index in [0.29, 0.717) is 84.2 Å². The molecule has 1 unspecified atom stereocenters. The second kappa shape index (κ2) is 18.1. The molecule has 1 aliphatic heterocycles. The molecule has 3 heterocycles. The molecule has 0 bridgehead atoms. The standard InChI is InChI=1S/C46H45N5O7/c1-46(2,3)50-28-37-40(58-39-12-7-6-11-35(39)43(37)52)24-34-27-47-45(57-34)32-17-15-30(16-18-32)13-14-31-9-8-10-33(23-31)51-44-36-25-41(55-21-19-53-4)42(56-22-20-54-5)26-38(36)48-29-49-44/h6-12,15-18,23,25-29,40,50H,19-22,24H2,1-5H3,(H,48,49,51)/b37-28-. The van der Waals surface area contributed by atoms with Crippen molar-refractivity contribution in [2.24, 2.45) is 0 Å². The lowest BCUT2D eigenvalue weighted by Gasteiger charge is -2.28. The van der Waals surface area contributed by atoms with Crippen LogP contribution in [0.25, 0.3) is 22.4 Å². The Kier molecular flexibility index (Phi) is 12.3. The predicted octanol–water partition coefficient (Wildman–Crippen LogP) is 7.94. The van der Waals surface area contributed by atoms with Crippen LogP contribution in [-0.4, -0.2) is 73.0 Å². The van der Waals surface area contributed by atoms with Crippen molar-refractivity contribution >= 4 is 28.2 Å². The maximum Gasteiger partial charge on any atom is 0.226 e. The fourth-order valence-corrected chi connectivity index (χ4v) is 6.11. The molecule has 2 aromatic heterocycles. The number of hydrogen-bond acceptors (Lipinski definition) is 12. The summed E-state index contributed by atoms with van der Waals surface area (Å²) in [6.07, 6.45) is 4.76. The Hall–Kier alpha value is -6.68. The van der Waals surface area contributed by atoms with Gasteiger partial charge >= 0.3 is 0 Å². The van der Waals surface area contributed by atoms with Crippen LogP contribution in [0.1, 0.15) is 48.0 Å². The highest BCUT2D eigenvalue weighted by Crippen LogP contribution is 2.36. The van der Waals surface area contributed by atoms with E-state index in [-0.39, 0.29) is 11.3 Å².